The van der Waals surface area contributed by atoms with Gasteiger partial charge < -0.3 is 20.5 Å². The molecule has 1 saturated heterocycles. The first kappa shape index (κ1) is 17.4. The van der Waals surface area contributed by atoms with E-state index in [1.807, 2.05) is 32.0 Å². The van der Waals surface area contributed by atoms with Gasteiger partial charge in [0, 0.05) is 18.8 Å². The Morgan fingerprint density at radius 1 is 1.35 bits per heavy atom. The quantitative estimate of drug-likeness (QED) is 0.714. The van der Waals surface area contributed by atoms with Crippen molar-refractivity contribution >= 4 is 17.6 Å². The van der Waals surface area contributed by atoms with E-state index >= 15 is 0 Å². The average molecular weight is 320 g/mol. The molecule has 3 N–H and O–H groups in total. The zero-order chi connectivity index (χ0) is 16.8. The highest BCUT2D eigenvalue weighted by Crippen LogP contribution is 2.15. The first-order chi connectivity index (χ1) is 11.0. The van der Waals surface area contributed by atoms with Crippen LogP contribution in [0.1, 0.15) is 30.4 Å². The molecule has 0 saturated carbocycles. The molecule has 1 heterocycles. The van der Waals surface area contributed by atoms with Crippen molar-refractivity contribution in [2.24, 2.45) is 0 Å². The van der Waals surface area contributed by atoms with E-state index in [1.54, 1.807) is 0 Å². The number of carbonyl (C=O) groups is 2. The fourth-order valence-corrected chi connectivity index (χ4v) is 2.54. The minimum atomic E-state index is -1.03. The highest BCUT2D eigenvalue weighted by atomic mass is 16.5. The summed E-state index contributed by atoms with van der Waals surface area (Å²) in [4.78, 5) is 23.4. The molecule has 0 unspecified atom stereocenters. The fourth-order valence-electron chi connectivity index (χ4n) is 2.54. The van der Waals surface area contributed by atoms with Gasteiger partial charge in [0.25, 0.3) is 0 Å². The second kappa shape index (κ2) is 8.08. The van der Waals surface area contributed by atoms with Crippen molar-refractivity contribution in [3.05, 3.63) is 29.3 Å². The molecule has 1 aliphatic rings. The van der Waals surface area contributed by atoms with E-state index in [0.717, 1.165) is 30.6 Å². The van der Waals surface area contributed by atoms with Crippen LogP contribution in [-0.4, -0.2) is 42.3 Å². The average Bonchev–Trinajstić information content (AvgIpc) is 3.00. The molecular weight excluding hydrogens is 296 g/mol. The van der Waals surface area contributed by atoms with Gasteiger partial charge in [0.1, 0.15) is 6.04 Å². The third-order valence-corrected chi connectivity index (χ3v) is 4.09. The number of aliphatic carboxylic acids is 1. The first-order valence-electron chi connectivity index (χ1n) is 7.90. The second-order valence-electron chi connectivity index (χ2n) is 5.99. The van der Waals surface area contributed by atoms with Crippen LogP contribution in [0.25, 0.3) is 0 Å². The molecule has 2 rings (SSSR count). The van der Waals surface area contributed by atoms with Crippen LogP contribution in [0.3, 0.4) is 0 Å². The van der Waals surface area contributed by atoms with Gasteiger partial charge in [-0.25, -0.2) is 0 Å². The summed E-state index contributed by atoms with van der Waals surface area (Å²) in [5, 5.41) is 14.9. The van der Waals surface area contributed by atoms with Crippen molar-refractivity contribution in [2.75, 3.05) is 18.5 Å². The van der Waals surface area contributed by atoms with Gasteiger partial charge in [0.15, 0.2) is 0 Å². The number of carboxylic acids is 1. The largest absolute Gasteiger partial charge is 0.480 e. The Kier molecular flexibility index (Phi) is 6.12. The molecule has 6 heteroatoms. The Bertz CT molecular complexity index is 568. The van der Waals surface area contributed by atoms with Crippen molar-refractivity contribution in [3.63, 3.8) is 0 Å². The van der Waals surface area contributed by atoms with E-state index < -0.39 is 12.0 Å². The van der Waals surface area contributed by atoms with Crippen molar-refractivity contribution in [2.45, 2.75) is 45.3 Å². The Morgan fingerprint density at radius 2 is 2.13 bits per heavy atom. The maximum Gasteiger partial charge on any atom is 0.321 e. The minimum Gasteiger partial charge on any atom is -0.480 e. The summed E-state index contributed by atoms with van der Waals surface area (Å²) in [6.07, 6.45) is 1.85. The van der Waals surface area contributed by atoms with Gasteiger partial charge in [0.05, 0.1) is 12.5 Å². The van der Waals surface area contributed by atoms with E-state index in [0.29, 0.717) is 12.2 Å². The molecule has 0 aromatic heterocycles. The molecule has 0 bridgehead atoms. The molecule has 0 spiro atoms. The molecule has 1 aromatic rings. The number of carboxylic acid groups (broad SMARTS) is 1. The van der Waals surface area contributed by atoms with Crippen LogP contribution < -0.4 is 10.6 Å². The van der Waals surface area contributed by atoms with Gasteiger partial charge in [-0.2, -0.15) is 0 Å². The van der Waals surface area contributed by atoms with Crippen molar-refractivity contribution in [3.8, 4) is 0 Å². The van der Waals surface area contributed by atoms with Crippen LogP contribution >= 0.6 is 0 Å². The first-order valence-corrected chi connectivity index (χ1v) is 7.90. The van der Waals surface area contributed by atoms with Crippen LogP contribution in [0, 0.1) is 13.8 Å². The van der Waals surface area contributed by atoms with E-state index in [2.05, 4.69) is 10.6 Å². The number of ether oxygens (including phenoxy) is 1. The van der Waals surface area contributed by atoms with E-state index in [9.17, 15) is 14.7 Å². The molecule has 126 valence electrons. The minimum absolute atomic E-state index is 0.0414. The Morgan fingerprint density at radius 3 is 2.74 bits per heavy atom. The fraction of sp³-hybridized carbons (Fsp3) is 0.529. The number of aryl methyl sites for hydroxylation is 2. The summed E-state index contributed by atoms with van der Waals surface area (Å²) in [6, 6.07) is 4.71. The third-order valence-electron chi connectivity index (χ3n) is 4.09. The van der Waals surface area contributed by atoms with E-state index in [1.165, 1.54) is 0 Å². The molecule has 2 atom stereocenters. The van der Waals surface area contributed by atoms with Crippen molar-refractivity contribution in [1.82, 2.24) is 5.32 Å². The lowest BCUT2D eigenvalue weighted by Crippen LogP contribution is -2.43. The molecule has 0 aliphatic carbocycles. The number of hydrogen-bond donors (Lipinski definition) is 3. The number of amides is 1. The summed E-state index contributed by atoms with van der Waals surface area (Å²) in [5.74, 6) is -1.35. The highest BCUT2D eigenvalue weighted by Gasteiger charge is 2.23. The van der Waals surface area contributed by atoms with Crippen LogP contribution in [-0.2, 0) is 14.3 Å². The lowest BCUT2D eigenvalue weighted by atomic mass is 10.1. The molecule has 0 radical (unpaired) electrons. The molecule has 1 fully saturated rings. The van der Waals surface area contributed by atoms with Gasteiger partial charge in [0.2, 0.25) is 5.91 Å². The van der Waals surface area contributed by atoms with Gasteiger partial charge in [-0.15, -0.1) is 0 Å². The Hall–Kier alpha value is -1.92. The molecule has 1 amide bonds. The summed E-state index contributed by atoms with van der Waals surface area (Å²) in [7, 11) is 0. The summed E-state index contributed by atoms with van der Waals surface area (Å²) >= 11 is 0. The van der Waals surface area contributed by atoms with Crippen LogP contribution in [0.4, 0.5) is 5.69 Å². The number of benzene rings is 1. The predicted molar refractivity (Wildman–Crippen MR) is 87.6 cm³/mol. The number of nitrogens with one attached hydrogen (secondary N) is 2. The third kappa shape index (κ3) is 5.33. The normalized spacial score (nSPS) is 18.6. The predicted octanol–water partition coefficient (Wildman–Crippen LogP) is 1.85. The molecule has 23 heavy (non-hydrogen) atoms. The molecular formula is C17H24N2O4. The van der Waals surface area contributed by atoms with E-state index in [-0.39, 0.29) is 18.4 Å². The highest BCUT2D eigenvalue weighted by molar-refractivity contribution is 5.94. The maximum atomic E-state index is 12.1. The Balaban J connectivity index is 1.86. The van der Waals surface area contributed by atoms with Crippen LogP contribution in [0.2, 0.25) is 0 Å². The van der Waals surface area contributed by atoms with Crippen molar-refractivity contribution in [1.29, 1.82) is 0 Å². The monoisotopic (exact) mass is 320 g/mol. The van der Waals surface area contributed by atoms with E-state index in [4.69, 9.17) is 4.74 Å². The van der Waals surface area contributed by atoms with Crippen LogP contribution in [0.5, 0.6) is 0 Å². The van der Waals surface area contributed by atoms with Crippen molar-refractivity contribution < 1.29 is 19.4 Å². The molecule has 1 aromatic carbocycles. The smallest absolute Gasteiger partial charge is 0.321 e. The SMILES string of the molecule is Cc1ccc(NC(=O)C[C@@H](NC[C@@H]2CCCO2)C(=O)O)cc1C. The topological polar surface area (TPSA) is 87.7 Å². The lowest BCUT2D eigenvalue weighted by Gasteiger charge is -2.17. The van der Waals surface area contributed by atoms with Crippen LogP contribution in [0.15, 0.2) is 18.2 Å². The van der Waals surface area contributed by atoms with Gasteiger partial charge >= 0.3 is 5.97 Å². The summed E-state index contributed by atoms with van der Waals surface area (Å²) in [5.41, 5.74) is 2.90. The maximum absolute atomic E-state index is 12.1. The number of carbonyl (C=O) groups excluding carboxylic acids is 1. The Labute approximate surface area is 136 Å². The standard InChI is InChI=1S/C17H24N2O4/c1-11-5-6-13(8-12(11)2)19-16(20)9-15(17(21)22)18-10-14-4-3-7-23-14/h5-6,8,14-15,18H,3-4,7,9-10H2,1-2H3,(H,19,20)(H,21,22)/t14-,15+/m0/s1. The second-order valence-corrected chi connectivity index (χ2v) is 5.99. The molecule has 6 nitrogen and oxygen atoms in total. The zero-order valence-corrected chi connectivity index (χ0v) is 13.6. The lowest BCUT2D eigenvalue weighted by molar-refractivity contribution is -0.141. The molecule has 1 aliphatic heterocycles. The van der Waals surface area contributed by atoms with Gasteiger partial charge in [-0.3, -0.25) is 9.59 Å². The number of hydrogen-bond acceptors (Lipinski definition) is 4. The van der Waals surface area contributed by atoms with Gasteiger partial charge in [-0.1, -0.05) is 6.07 Å². The number of anilines is 1. The summed E-state index contributed by atoms with van der Waals surface area (Å²) < 4.78 is 5.45. The van der Waals surface area contributed by atoms with Gasteiger partial charge in [-0.05, 0) is 49.9 Å². The zero-order valence-electron chi connectivity index (χ0n) is 13.6. The number of rotatable bonds is 7. The summed E-state index contributed by atoms with van der Waals surface area (Å²) in [6.45, 7) is 5.13.